The summed E-state index contributed by atoms with van der Waals surface area (Å²) < 4.78 is 0. The molecule has 0 heterocycles. The largest absolute Gasteiger partial charge is 0.324 e. The summed E-state index contributed by atoms with van der Waals surface area (Å²) in [6.07, 6.45) is 1.73. The normalized spacial score (nSPS) is 10.0. The molecule has 0 atom stereocenters. The first-order chi connectivity index (χ1) is 9.81. The van der Waals surface area contributed by atoms with Gasteiger partial charge in [0.25, 0.3) is 0 Å². The SMILES string of the molecule is C=CCNCC(=O)Nc1ccccc1-c1ccccc1. The van der Waals surface area contributed by atoms with Crippen molar-refractivity contribution in [3.63, 3.8) is 0 Å². The van der Waals surface area contributed by atoms with E-state index in [2.05, 4.69) is 17.2 Å². The minimum absolute atomic E-state index is 0.0600. The molecular formula is C17H18N2O. The Labute approximate surface area is 119 Å². The summed E-state index contributed by atoms with van der Waals surface area (Å²) in [5, 5.41) is 5.92. The van der Waals surface area contributed by atoms with Crippen LogP contribution in [0.2, 0.25) is 0 Å². The van der Waals surface area contributed by atoms with Gasteiger partial charge in [-0.1, -0.05) is 54.6 Å². The average Bonchev–Trinajstić information content (AvgIpc) is 2.49. The van der Waals surface area contributed by atoms with Crippen LogP contribution < -0.4 is 10.6 Å². The van der Waals surface area contributed by atoms with Crippen LogP contribution in [0.25, 0.3) is 11.1 Å². The van der Waals surface area contributed by atoms with Gasteiger partial charge in [-0.2, -0.15) is 0 Å². The van der Waals surface area contributed by atoms with Crippen molar-refractivity contribution in [2.45, 2.75) is 0 Å². The number of rotatable bonds is 6. The molecule has 0 unspecified atom stereocenters. The number of hydrogen-bond acceptors (Lipinski definition) is 2. The molecule has 0 spiro atoms. The molecule has 0 aliphatic heterocycles. The van der Waals surface area contributed by atoms with E-state index in [0.717, 1.165) is 16.8 Å². The summed E-state index contributed by atoms with van der Waals surface area (Å²) in [5.74, 6) is -0.0600. The Bertz CT molecular complexity index is 579. The van der Waals surface area contributed by atoms with E-state index in [1.54, 1.807) is 6.08 Å². The number of nitrogens with one attached hydrogen (secondary N) is 2. The molecule has 2 N–H and O–H groups in total. The Morgan fingerprint density at radius 1 is 1.05 bits per heavy atom. The molecule has 0 bridgehead atoms. The minimum atomic E-state index is -0.0600. The highest BCUT2D eigenvalue weighted by molar-refractivity contribution is 5.96. The molecule has 102 valence electrons. The standard InChI is InChI=1S/C17H18N2O/c1-2-12-18-13-17(20)19-16-11-7-6-10-15(16)14-8-4-3-5-9-14/h2-11,18H,1,12-13H2,(H,19,20). The van der Waals surface area contributed by atoms with Gasteiger partial charge >= 0.3 is 0 Å². The average molecular weight is 266 g/mol. The van der Waals surface area contributed by atoms with Crippen LogP contribution in [0.15, 0.2) is 67.3 Å². The Morgan fingerprint density at radius 3 is 2.50 bits per heavy atom. The molecule has 0 saturated heterocycles. The van der Waals surface area contributed by atoms with Crippen LogP contribution in [-0.2, 0) is 4.79 Å². The highest BCUT2D eigenvalue weighted by Gasteiger charge is 2.07. The molecule has 0 saturated carbocycles. The summed E-state index contributed by atoms with van der Waals surface area (Å²) in [7, 11) is 0. The van der Waals surface area contributed by atoms with Gasteiger partial charge in [0.2, 0.25) is 5.91 Å². The molecule has 0 radical (unpaired) electrons. The lowest BCUT2D eigenvalue weighted by molar-refractivity contribution is -0.115. The van der Waals surface area contributed by atoms with Crippen LogP contribution in [-0.4, -0.2) is 19.0 Å². The van der Waals surface area contributed by atoms with E-state index >= 15 is 0 Å². The molecular weight excluding hydrogens is 248 g/mol. The van der Waals surface area contributed by atoms with Gasteiger partial charge in [-0.05, 0) is 11.6 Å². The van der Waals surface area contributed by atoms with Gasteiger partial charge in [0.1, 0.15) is 0 Å². The quantitative estimate of drug-likeness (QED) is 0.623. The highest BCUT2D eigenvalue weighted by Crippen LogP contribution is 2.27. The fourth-order valence-corrected chi connectivity index (χ4v) is 1.94. The molecule has 0 aliphatic rings. The zero-order valence-corrected chi connectivity index (χ0v) is 11.3. The number of para-hydroxylation sites is 1. The van der Waals surface area contributed by atoms with Gasteiger partial charge in [0.15, 0.2) is 0 Å². The van der Waals surface area contributed by atoms with Crippen molar-refractivity contribution in [1.29, 1.82) is 0 Å². The maximum absolute atomic E-state index is 11.9. The summed E-state index contributed by atoms with van der Waals surface area (Å²) >= 11 is 0. The first kappa shape index (κ1) is 14.0. The van der Waals surface area contributed by atoms with Crippen LogP contribution >= 0.6 is 0 Å². The Kier molecular flexibility index (Phi) is 5.09. The van der Waals surface area contributed by atoms with Gasteiger partial charge in [0.05, 0.1) is 6.54 Å². The van der Waals surface area contributed by atoms with Crippen molar-refractivity contribution in [3.8, 4) is 11.1 Å². The predicted octanol–water partition coefficient (Wildman–Crippen LogP) is 3.07. The smallest absolute Gasteiger partial charge is 0.238 e. The number of amides is 1. The number of benzene rings is 2. The highest BCUT2D eigenvalue weighted by atomic mass is 16.1. The molecule has 0 fully saturated rings. The summed E-state index contributed by atoms with van der Waals surface area (Å²) in [5.41, 5.74) is 2.93. The fourth-order valence-electron chi connectivity index (χ4n) is 1.94. The van der Waals surface area contributed by atoms with Crippen LogP contribution in [0.4, 0.5) is 5.69 Å². The monoisotopic (exact) mass is 266 g/mol. The van der Waals surface area contributed by atoms with Gasteiger partial charge in [-0.3, -0.25) is 4.79 Å². The third-order valence-corrected chi connectivity index (χ3v) is 2.86. The second kappa shape index (κ2) is 7.26. The number of carbonyl (C=O) groups excluding carboxylic acids is 1. The van der Waals surface area contributed by atoms with E-state index in [-0.39, 0.29) is 12.5 Å². The molecule has 2 aromatic rings. The Morgan fingerprint density at radius 2 is 1.75 bits per heavy atom. The first-order valence-corrected chi connectivity index (χ1v) is 6.57. The van der Waals surface area contributed by atoms with Crippen molar-refractivity contribution < 1.29 is 4.79 Å². The van der Waals surface area contributed by atoms with Crippen LogP contribution in [0, 0.1) is 0 Å². The maximum Gasteiger partial charge on any atom is 0.238 e. The van der Waals surface area contributed by atoms with E-state index < -0.39 is 0 Å². The molecule has 0 aliphatic carbocycles. The lowest BCUT2D eigenvalue weighted by Gasteiger charge is -2.11. The second-order valence-corrected chi connectivity index (χ2v) is 4.38. The third-order valence-electron chi connectivity index (χ3n) is 2.86. The molecule has 3 heteroatoms. The molecule has 3 nitrogen and oxygen atoms in total. The number of hydrogen-bond donors (Lipinski definition) is 2. The van der Waals surface area contributed by atoms with Gasteiger partial charge in [0, 0.05) is 17.8 Å². The zero-order valence-electron chi connectivity index (χ0n) is 11.3. The first-order valence-electron chi connectivity index (χ1n) is 6.57. The van der Waals surface area contributed by atoms with E-state index in [1.165, 1.54) is 0 Å². The molecule has 0 aromatic heterocycles. The lowest BCUT2D eigenvalue weighted by atomic mass is 10.0. The predicted molar refractivity (Wildman–Crippen MR) is 83.6 cm³/mol. The minimum Gasteiger partial charge on any atom is -0.324 e. The van der Waals surface area contributed by atoms with E-state index in [9.17, 15) is 4.79 Å². The van der Waals surface area contributed by atoms with E-state index in [4.69, 9.17) is 0 Å². The number of anilines is 1. The van der Waals surface area contributed by atoms with Gasteiger partial charge in [-0.25, -0.2) is 0 Å². The van der Waals surface area contributed by atoms with Crippen molar-refractivity contribution in [3.05, 3.63) is 67.3 Å². The summed E-state index contributed by atoms with van der Waals surface area (Å²) in [6, 6.07) is 17.8. The Balaban J connectivity index is 2.12. The van der Waals surface area contributed by atoms with Crippen LogP contribution in [0.3, 0.4) is 0 Å². The van der Waals surface area contributed by atoms with E-state index in [1.807, 2.05) is 54.6 Å². The summed E-state index contributed by atoms with van der Waals surface area (Å²) in [4.78, 5) is 11.9. The Hall–Kier alpha value is -2.39. The molecule has 20 heavy (non-hydrogen) atoms. The van der Waals surface area contributed by atoms with Crippen molar-refractivity contribution in [2.24, 2.45) is 0 Å². The molecule has 1 amide bonds. The summed E-state index contributed by atoms with van der Waals surface area (Å²) in [6.45, 7) is 4.49. The van der Waals surface area contributed by atoms with Crippen LogP contribution in [0.5, 0.6) is 0 Å². The third kappa shape index (κ3) is 3.80. The molecule has 2 aromatic carbocycles. The molecule has 2 rings (SSSR count). The van der Waals surface area contributed by atoms with Crippen LogP contribution in [0.1, 0.15) is 0 Å². The lowest BCUT2D eigenvalue weighted by Crippen LogP contribution is -2.28. The van der Waals surface area contributed by atoms with E-state index in [0.29, 0.717) is 6.54 Å². The van der Waals surface area contributed by atoms with Crippen molar-refractivity contribution in [1.82, 2.24) is 5.32 Å². The van der Waals surface area contributed by atoms with Crippen molar-refractivity contribution in [2.75, 3.05) is 18.4 Å². The fraction of sp³-hybridized carbons (Fsp3) is 0.118. The van der Waals surface area contributed by atoms with Gasteiger partial charge in [-0.15, -0.1) is 6.58 Å². The van der Waals surface area contributed by atoms with Gasteiger partial charge < -0.3 is 10.6 Å². The zero-order chi connectivity index (χ0) is 14.2. The number of carbonyl (C=O) groups is 1. The second-order valence-electron chi connectivity index (χ2n) is 4.38. The maximum atomic E-state index is 11.9. The van der Waals surface area contributed by atoms with Crippen molar-refractivity contribution >= 4 is 11.6 Å². The topological polar surface area (TPSA) is 41.1 Å².